The molecule has 1 atom stereocenters. The third kappa shape index (κ3) is 4.27. The Bertz CT molecular complexity index is 1560. The molecule has 3 aromatic carbocycles. The number of pyridine rings is 1. The molecule has 1 N–H and O–H groups in total. The highest BCUT2D eigenvalue weighted by molar-refractivity contribution is 6.09. The van der Waals surface area contributed by atoms with Gasteiger partial charge in [0.05, 0.1) is 17.7 Å². The first-order valence-electron chi connectivity index (χ1n) is 12.6. The molecule has 37 heavy (non-hydrogen) atoms. The van der Waals surface area contributed by atoms with Crippen molar-refractivity contribution in [2.75, 3.05) is 18.0 Å². The van der Waals surface area contributed by atoms with Crippen molar-refractivity contribution >= 4 is 28.4 Å². The van der Waals surface area contributed by atoms with Gasteiger partial charge in [-0.3, -0.25) is 14.4 Å². The molecule has 0 spiro atoms. The van der Waals surface area contributed by atoms with E-state index < -0.39 is 12.0 Å². The molecule has 0 radical (unpaired) electrons. The SMILES string of the molecule is O=C(NCCc1ccccc1)C1CN(C(=O)c2cn3c4c(cccc4c2=O)CCC3)c2ccccc2O1. The molecule has 2 aliphatic heterocycles. The number of aryl methyl sites for hydroxylation is 2. The van der Waals surface area contributed by atoms with Crippen molar-refractivity contribution in [3.8, 4) is 5.75 Å². The molecule has 2 amide bonds. The largest absolute Gasteiger partial charge is 0.477 e. The number of anilines is 1. The van der Waals surface area contributed by atoms with E-state index in [0.29, 0.717) is 29.8 Å². The van der Waals surface area contributed by atoms with E-state index in [2.05, 4.69) is 5.32 Å². The molecule has 0 fully saturated rings. The summed E-state index contributed by atoms with van der Waals surface area (Å²) in [6.07, 6.45) is 3.36. The van der Waals surface area contributed by atoms with Crippen molar-refractivity contribution in [3.63, 3.8) is 0 Å². The van der Waals surface area contributed by atoms with Crippen LogP contribution in [-0.2, 0) is 24.2 Å². The van der Waals surface area contributed by atoms with E-state index in [0.717, 1.165) is 36.0 Å². The zero-order chi connectivity index (χ0) is 25.4. The second kappa shape index (κ2) is 9.58. The van der Waals surface area contributed by atoms with Gasteiger partial charge in [0.1, 0.15) is 11.3 Å². The average molecular weight is 494 g/mol. The van der Waals surface area contributed by atoms with Crippen LogP contribution in [0.3, 0.4) is 0 Å². The Morgan fingerprint density at radius 3 is 2.65 bits per heavy atom. The number of aromatic nitrogens is 1. The number of amides is 2. The molecule has 2 aliphatic rings. The number of ether oxygens (including phenoxy) is 1. The zero-order valence-electron chi connectivity index (χ0n) is 20.4. The fourth-order valence-electron chi connectivity index (χ4n) is 5.31. The average Bonchev–Trinajstić information content (AvgIpc) is 2.94. The van der Waals surface area contributed by atoms with Gasteiger partial charge in [0.15, 0.2) is 6.10 Å². The maximum Gasteiger partial charge on any atom is 0.264 e. The summed E-state index contributed by atoms with van der Waals surface area (Å²) in [5.74, 6) is -0.280. The van der Waals surface area contributed by atoms with Crippen molar-refractivity contribution in [1.82, 2.24) is 9.88 Å². The summed E-state index contributed by atoms with van der Waals surface area (Å²) in [4.78, 5) is 41.9. The molecule has 0 saturated carbocycles. The van der Waals surface area contributed by atoms with E-state index in [1.807, 2.05) is 53.1 Å². The molecule has 6 rings (SSSR count). The summed E-state index contributed by atoms with van der Waals surface area (Å²) in [5.41, 5.74) is 3.53. The predicted molar refractivity (Wildman–Crippen MR) is 142 cm³/mol. The van der Waals surface area contributed by atoms with Gasteiger partial charge in [0.2, 0.25) is 5.43 Å². The predicted octanol–water partition coefficient (Wildman–Crippen LogP) is 3.71. The second-order valence-corrected chi connectivity index (χ2v) is 9.50. The summed E-state index contributed by atoms with van der Waals surface area (Å²) in [7, 11) is 0. The van der Waals surface area contributed by atoms with Crippen LogP contribution in [0.1, 0.15) is 27.9 Å². The molecule has 7 nitrogen and oxygen atoms in total. The first kappa shape index (κ1) is 23.0. The molecule has 4 aromatic rings. The van der Waals surface area contributed by atoms with Crippen LogP contribution >= 0.6 is 0 Å². The Morgan fingerprint density at radius 2 is 1.78 bits per heavy atom. The number of nitrogens with one attached hydrogen (secondary N) is 1. The first-order valence-corrected chi connectivity index (χ1v) is 12.6. The van der Waals surface area contributed by atoms with Gasteiger partial charge in [0, 0.05) is 24.7 Å². The van der Waals surface area contributed by atoms with Crippen molar-refractivity contribution < 1.29 is 14.3 Å². The maximum absolute atomic E-state index is 13.9. The molecule has 7 heteroatoms. The van der Waals surface area contributed by atoms with Gasteiger partial charge in [-0.15, -0.1) is 0 Å². The Hall–Kier alpha value is -4.39. The third-order valence-electron chi connectivity index (χ3n) is 7.12. The van der Waals surface area contributed by atoms with Crippen LogP contribution in [0, 0.1) is 0 Å². The molecule has 3 heterocycles. The summed E-state index contributed by atoms with van der Waals surface area (Å²) in [6.45, 7) is 1.22. The van der Waals surface area contributed by atoms with Gasteiger partial charge in [-0.2, -0.15) is 0 Å². The lowest BCUT2D eigenvalue weighted by atomic mass is 9.99. The van der Waals surface area contributed by atoms with Crippen molar-refractivity contribution in [2.45, 2.75) is 31.9 Å². The van der Waals surface area contributed by atoms with Gasteiger partial charge in [-0.05, 0) is 48.6 Å². The van der Waals surface area contributed by atoms with E-state index >= 15 is 0 Å². The monoisotopic (exact) mass is 493 g/mol. The molecule has 0 saturated heterocycles. The van der Waals surface area contributed by atoms with Gasteiger partial charge < -0.3 is 19.5 Å². The summed E-state index contributed by atoms with van der Waals surface area (Å²) >= 11 is 0. The first-order chi connectivity index (χ1) is 18.1. The summed E-state index contributed by atoms with van der Waals surface area (Å²) in [5, 5.41) is 3.49. The van der Waals surface area contributed by atoms with Gasteiger partial charge in [-0.1, -0.05) is 54.6 Å². The summed E-state index contributed by atoms with van der Waals surface area (Å²) < 4.78 is 8.01. The van der Waals surface area contributed by atoms with E-state index in [9.17, 15) is 14.4 Å². The molecular weight excluding hydrogens is 466 g/mol. The minimum absolute atomic E-state index is 0.0184. The highest BCUT2D eigenvalue weighted by Crippen LogP contribution is 2.34. The molecule has 0 aliphatic carbocycles. The normalized spacial score (nSPS) is 16.1. The molecule has 1 unspecified atom stereocenters. The molecular formula is C30H27N3O4. The standard InChI is InChI=1S/C30H27N3O4/c34-28-22-12-6-10-21-11-7-17-32(27(21)22)18-23(28)30(36)33-19-26(37-25-14-5-4-13-24(25)33)29(35)31-16-15-20-8-2-1-3-9-20/h1-6,8-10,12-14,18,26H,7,11,15-17,19H2,(H,31,35). The Kier molecular flexibility index (Phi) is 5.96. The fraction of sp³-hybridized carbons (Fsp3) is 0.233. The zero-order valence-corrected chi connectivity index (χ0v) is 20.4. The number of carbonyl (C=O) groups is 2. The number of para-hydroxylation sites is 3. The number of rotatable bonds is 5. The number of carbonyl (C=O) groups excluding carboxylic acids is 2. The van der Waals surface area contributed by atoms with E-state index in [1.54, 1.807) is 30.5 Å². The van der Waals surface area contributed by atoms with Gasteiger partial charge in [-0.25, -0.2) is 0 Å². The molecule has 0 bridgehead atoms. The van der Waals surface area contributed by atoms with E-state index in [1.165, 1.54) is 4.90 Å². The molecule has 186 valence electrons. The Balaban J connectivity index is 1.29. The van der Waals surface area contributed by atoms with Crippen molar-refractivity contribution in [3.05, 3.63) is 106 Å². The minimum atomic E-state index is -0.886. The van der Waals surface area contributed by atoms with Gasteiger partial charge >= 0.3 is 0 Å². The molecule has 1 aromatic heterocycles. The van der Waals surface area contributed by atoms with Crippen LogP contribution in [0.15, 0.2) is 83.8 Å². The number of hydrogen-bond acceptors (Lipinski definition) is 4. The van der Waals surface area contributed by atoms with E-state index in [4.69, 9.17) is 4.74 Å². The lowest BCUT2D eigenvalue weighted by molar-refractivity contribution is -0.127. The number of nitrogens with zero attached hydrogens (tertiary/aromatic N) is 2. The lowest BCUT2D eigenvalue weighted by Crippen LogP contribution is -2.51. The number of fused-ring (bicyclic) bond motifs is 1. The van der Waals surface area contributed by atoms with Crippen LogP contribution < -0.4 is 20.4 Å². The second-order valence-electron chi connectivity index (χ2n) is 9.50. The fourth-order valence-corrected chi connectivity index (χ4v) is 5.31. The van der Waals surface area contributed by atoms with Crippen LogP contribution in [0.25, 0.3) is 10.9 Å². The van der Waals surface area contributed by atoms with Crippen molar-refractivity contribution in [2.24, 2.45) is 0 Å². The topological polar surface area (TPSA) is 80.6 Å². The highest BCUT2D eigenvalue weighted by Gasteiger charge is 2.35. The Labute approximate surface area is 214 Å². The minimum Gasteiger partial charge on any atom is -0.477 e. The maximum atomic E-state index is 13.9. The Morgan fingerprint density at radius 1 is 0.973 bits per heavy atom. The van der Waals surface area contributed by atoms with Crippen LogP contribution in [0.5, 0.6) is 5.75 Å². The summed E-state index contributed by atoms with van der Waals surface area (Å²) in [6, 6.07) is 22.7. The number of hydrogen-bond donors (Lipinski definition) is 1. The third-order valence-corrected chi connectivity index (χ3v) is 7.12. The quantitative estimate of drug-likeness (QED) is 0.460. The lowest BCUT2D eigenvalue weighted by Gasteiger charge is -2.34. The van der Waals surface area contributed by atoms with Gasteiger partial charge in [0.25, 0.3) is 11.8 Å². The van der Waals surface area contributed by atoms with Crippen LogP contribution in [0.4, 0.5) is 5.69 Å². The van der Waals surface area contributed by atoms with Crippen LogP contribution in [0.2, 0.25) is 0 Å². The number of benzene rings is 3. The highest BCUT2D eigenvalue weighted by atomic mass is 16.5. The smallest absolute Gasteiger partial charge is 0.264 e. The van der Waals surface area contributed by atoms with E-state index in [-0.39, 0.29) is 23.4 Å². The van der Waals surface area contributed by atoms with Crippen LogP contribution in [-0.4, -0.2) is 35.6 Å². The van der Waals surface area contributed by atoms with Crippen molar-refractivity contribution in [1.29, 1.82) is 0 Å².